The monoisotopic (exact) mass is 367 g/mol. The van der Waals surface area contributed by atoms with Gasteiger partial charge >= 0.3 is 0 Å². The van der Waals surface area contributed by atoms with Crippen LogP contribution < -0.4 is 9.46 Å². The molecule has 3 rings (SSSR count). The lowest BCUT2D eigenvalue weighted by Gasteiger charge is -2.19. The number of hydrogen-bond donors (Lipinski definition) is 1. The van der Waals surface area contributed by atoms with Crippen molar-refractivity contribution in [2.24, 2.45) is 0 Å². The largest absolute Gasteiger partial charge is 0.497 e. The van der Waals surface area contributed by atoms with E-state index in [1.807, 2.05) is 60.7 Å². The molecule has 0 aliphatic heterocycles. The highest BCUT2D eigenvalue weighted by molar-refractivity contribution is 7.89. The van der Waals surface area contributed by atoms with Gasteiger partial charge in [0.1, 0.15) is 5.75 Å². The van der Waals surface area contributed by atoms with E-state index in [4.69, 9.17) is 4.74 Å². The van der Waals surface area contributed by atoms with Crippen molar-refractivity contribution in [1.82, 2.24) is 4.72 Å². The van der Waals surface area contributed by atoms with E-state index in [1.54, 1.807) is 31.4 Å². The van der Waals surface area contributed by atoms with Crippen LogP contribution in [0.15, 0.2) is 89.8 Å². The Morgan fingerprint density at radius 3 is 2.00 bits per heavy atom. The smallest absolute Gasteiger partial charge is 0.241 e. The van der Waals surface area contributed by atoms with Crippen LogP contribution in [0.25, 0.3) is 0 Å². The van der Waals surface area contributed by atoms with Gasteiger partial charge < -0.3 is 4.74 Å². The quantitative estimate of drug-likeness (QED) is 0.688. The number of rotatable bonds is 7. The minimum atomic E-state index is -3.66. The SMILES string of the molecule is COc1ccc(S(=O)(=O)NC(Cc2ccccc2)c2ccccc2)cc1. The van der Waals surface area contributed by atoms with Crippen molar-refractivity contribution in [2.45, 2.75) is 17.4 Å². The highest BCUT2D eigenvalue weighted by atomic mass is 32.2. The molecule has 5 heteroatoms. The number of ether oxygens (including phenoxy) is 1. The van der Waals surface area contributed by atoms with Crippen LogP contribution in [-0.2, 0) is 16.4 Å². The maximum Gasteiger partial charge on any atom is 0.241 e. The summed E-state index contributed by atoms with van der Waals surface area (Å²) < 4.78 is 33.6. The van der Waals surface area contributed by atoms with Gasteiger partial charge in [-0.25, -0.2) is 13.1 Å². The summed E-state index contributed by atoms with van der Waals surface area (Å²) in [6, 6.07) is 25.5. The molecule has 0 bridgehead atoms. The molecule has 3 aromatic rings. The molecule has 0 saturated heterocycles. The summed E-state index contributed by atoms with van der Waals surface area (Å²) in [5.74, 6) is 0.618. The molecule has 1 N–H and O–H groups in total. The minimum absolute atomic E-state index is 0.215. The minimum Gasteiger partial charge on any atom is -0.497 e. The van der Waals surface area contributed by atoms with Gasteiger partial charge in [-0.3, -0.25) is 0 Å². The van der Waals surface area contributed by atoms with Gasteiger partial charge in [-0.15, -0.1) is 0 Å². The fraction of sp³-hybridized carbons (Fsp3) is 0.143. The summed E-state index contributed by atoms with van der Waals surface area (Å²) in [4.78, 5) is 0.215. The summed E-state index contributed by atoms with van der Waals surface area (Å²) in [5, 5.41) is 0. The zero-order chi connectivity index (χ0) is 18.4. The van der Waals surface area contributed by atoms with Crippen molar-refractivity contribution in [2.75, 3.05) is 7.11 Å². The summed E-state index contributed by atoms with van der Waals surface area (Å²) in [6.07, 6.45) is 0.570. The van der Waals surface area contributed by atoms with Crippen LogP contribution in [0.2, 0.25) is 0 Å². The van der Waals surface area contributed by atoms with Gasteiger partial charge in [-0.2, -0.15) is 0 Å². The maximum atomic E-state index is 12.9. The van der Waals surface area contributed by atoms with Crippen LogP contribution in [0, 0.1) is 0 Å². The third-order valence-corrected chi connectivity index (χ3v) is 5.64. The molecule has 1 atom stereocenters. The second-order valence-corrected chi connectivity index (χ2v) is 7.66. The van der Waals surface area contributed by atoms with E-state index in [2.05, 4.69) is 4.72 Å². The Balaban J connectivity index is 1.88. The van der Waals surface area contributed by atoms with E-state index in [9.17, 15) is 8.42 Å². The number of nitrogens with one attached hydrogen (secondary N) is 1. The lowest BCUT2D eigenvalue weighted by molar-refractivity contribution is 0.414. The van der Waals surface area contributed by atoms with E-state index in [0.717, 1.165) is 11.1 Å². The molecule has 3 aromatic carbocycles. The fourth-order valence-electron chi connectivity index (χ4n) is 2.77. The first-order valence-corrected chi connectivity index (χ1v) is 9.82. The summed E-state index contributed by atoms with van der Waals surface area (Å²) in [7, 11) is -2.11. The molecule has 1 unspecified atom stereocenters. The topological polar surface area (TPSA) is 55.4 Å². The lowest BCUT2D eigenvalue weighted by atomic mass is 10.00. The molecule has 0 spiro atoms. The van der Waals surface area contributed by atoms with Crippen molar-refractivity contribution < 1.29 is 13.2 Å². The Morgan fingerprint density at radius 2 is 1.42 bits per heavy atom. The van der Waals surface area contributed by atoms with E-state index in [-0.39, 0.29) is 10.9 Å². The van der Waals surface area contributed by atoms with Crippen LogP contribution >= 0.6 is 0 Å². The molecule has 0 amide bonds. The molecule has 0 aromatic heterocycles. The Bertz CT molecular complexity index is 924. The second-order valence-electron chi connectivity index (χ2n) is 5.95. The van der Waals surface area contributed by atoms with Gasteiger partial charge in [0.05, 0.1) is 18.0 Å². The van der Waals surface area contributed by atoms with Crippen molar-refractivity contribution in [3.05, 3.63) is 96.1 Å². The summed E-state index contributed by atoms with van der Waals surface area (Å²) in [6.45, 7) is 0. The van der Waals surface area contributed by atoms with Crippen LogP contribution in [-0.4, -0.2) is 15.5 Å². The van der Waals surface area contributed by atoms with E-state index in [1.165, 1.54) is 0 Å². The maximum absolute atomic E-state index is 12.9. The normalized spacial score (nSPS) is 12.5. The third kappa shape index (κ3) is 4.50. The van der Waals surface area contributed by atoms with E-state index >= 15 is 0 Å². The van der Waals surface area contributed by atoms with Crippen LogP contribution in [0.5, 0.6) is 5.75 Å². The first-order valence-electron chi connectivity index (χ1n) is 8.34. The summed E-state index contributed by atoms with van der Waals surface area (Å²) in [5.41, 5.74) is 1.99. The molecule has 0 aliphatic rings. The lowest BCUT2D eigenvalue weighted by Crippen LogP contribution is -2.30. The molecule has 26 heavy (non-hydrogen) atoms. The van der Waals surface area contributed by atoms with E-state index in [0.29, 0.717) is 12.2 Å². The predicted molar refractivity (Wildman–Crippen MR) is 103 cm³/mol. The predicted octanol–water partition coefficient (Wildman–Crippen LogP) is 3.96. The fourth-order valence-corrected chi connectivity index (χ4v) is 4.00. The zero-order valence-electron chi connectivity index (χ0n) is 14.5. The van der Waals surface area contributed by atoms with Gasteiger partial charge in [-0.1, -0.05) is 60.7 Å². The van der Waals surface area contributed by atoms with Crippen molar-refractivity contribution in [3.8, 4) is 5.75 Å². The van der Waals surface area contributed by atoms with Gasteiger partial charge in [-0.05, 0) is 41.8 Å². The standard InChI is InChI=1S/C21H21NO3S/c1-25-19-12-14-20(15-13-19)26(23,24)22-21(18-10-6-3-7-11-18)16-17-8-4-2-5-9-17/h2-15,21-22H,16H2,1H3. The second kappa shape index (κ2) is 8.17. The highest BCUT2D eigenvalue weighted by Gasteiger charge is 2.21. The Labute approximate surface area is 154 Å². The molecule has 0 fully saturated rings. The zero-order valence-corrected chi connectivity index (χ0v) is 15.3. The highest BCUT2D eigenvalue weighted by Crippen LogP contribution is 2.22. The van der Waals surface area contributed by atoms with Gasteiger partial charge in [0.2, 0.25) is 10.0 Å². The van der Waals surface area contributed by atoms with Crippen molar-refractivity contribution in [3.63, 3.8) is 0 Å². The molecule has 4 nitrogen and oxygen atoms in total. The van der Waals surface area contributed by atoms with Crippen LogP contribution in [0.1, 0.15) is 17.2 Å². The Kier molecular flexibility index (Phi) is 5.71. The van der Waals surface area contributed by atoms with E-state index < -0.39 is 10.0 Å². The summed E-state index contributed by atoms with van der Waals surface area (Å²) >= 11 is 0. The van der Waals surface area contributed by atoms with Gasteiger partial charge in [0.15, 0.2) is 0 Å². The number of hydrogen-bond acceptors (Lipinski definition) is 3. The average Bonchev–Trinajstić information content (AvgIpc) is 2.69. The molecule has 0 aliphatic carbocycles. The molecule has 0 heterocycles. The van der Waals surface area contributed by atoms with Crippen LogP contribution in [0.3, 0.4) is 0 Å². The van der Waals surface area contributed by atoms with Crippen molar-refractivity contribution in [1.29, 1.82) is 0 Å². The number of methoxy groups -OCH3 is 1. The Hall–Kier alpha value is -2.63. The number of sulfonamides is 1. The van der Waals surface area contributed by atoms with Crippen LogP contribution in [0.4, 0.5) is 0 Å². The average molecular weight is 367 g/mol. The van der Waals surface area contributed by atoms with Gasteiger partial charge in [0.25, 0.3) is 0 Å². The molecule has 0 saturated carbocycles. The molecular formula is C21H21NO3S. The molecular weight excluding hydrogens is 346 g/mol. The van der Waals surface area contributed by atoms with Gasteiger partial charge in [0, 0.05) is 0 Å². The number of benzene rings is 3. The first-order chi connectivity index (χ1) is 12.6. The van der Waals surface area contributed by atoms with Crippen molar-refractivity contribution >= 4 is 10.0 Å². The first kappa shape index (κ1) is 18.2. The third-order valence-electron chi connectivity index (χ3n) is 4.15. The molecule has 134 valence electrons. The molecule has 0 radical (unpaired) electrons. The Morgan fingerprint density at radius 1 is 0.846 bits per heavy atom.